The third kappa shape index (κ3) is 5.64. The van der Waals surface area contributed by atoms with Gasteiger partial charge in [-0.05, 0) is 49.5 Å². The van der Waals surface area contributed by atoms with E-state index in [0.717, 1.165) is 49.3 Å². The minimum absolute atomic E-state index is 0.0339. The van der Waals surface area contributed by atoms with Gasteiger partial charge in [-0.15, -0.1) is 5.10 Å². The highest BCUT2D eigenvalue weighted by molar-refractivity contribution is 5.91. The van der Waals surface area contributed by atoms with Crippen molar-refractivity contribution in [2.24, 2.45) is 5.92 Å². The van der Waals surface area contributed by atoms with E-state index in [1.165, 1.54) is 17.8 Å². The molecule has 0 unspecified atom stereocenters. The number of nitrogens with one attached hydrogen (secondary N) is 1. The molecule has 2 heterocycles. The van der Waals surface area contributed by atoms with Gasteiger partial charge in [0.15, 0.2) is 11.5 Å². The van der Waals surface area contributed by atoms with E-state index in [9.17, 15) is 13.6 Å². The third-order valence-electron chi connectivity index (χ3n) is 5.61. The molecule has 1 aliphatic heterocycles. The number of halogens is 2. The maximum Gasteiger partial charge on any atom is 0.273 e. The van der Waals surface area contributed by atoms with E-state index in [4.69, 9.17) is 0 Å². The van der Waals surface area contributed by atoms with Gasteiger partial charge in [0, 0.05) is 19.2 Å². The predicted molar refractivity (Wildman–Crippen MR) is 118 cm³/mol. The van der Waals surface area contributed by atoms with Crippen molar-refractivity contribution in [3.63, 3.8) is 0 Å². The van der Waals surface area contributed by atoms with Gasteiger partial charge in [0.05, 0.1) is 6.20 Å². The first-order valence-corrected chi connectivity index (χ1v) is 10.7. The minimum Gasteiger partial charge on any atom is -0.350 e. The molecule has 1 amide bonds. The first-order valence-electron chi connectivity index (χ1n) is 10.7. The first kappa shape index (κ1) is 21.8. The summed E-state index contributed by atoms with van der Waals surface area (Å²) in [6, 6.07) is 13.4. The number of carbonyl (C=O) groups is 1. The zero-order chi connectivity index (χ0) is 22.3. The summed E-state index contributed by atoms with van der Waals surface area (Å²) in [4.78, 5) is 14.8. The number of benzene rings is 2. The molecule has 0 saturated carbocycles. The lowest BCUT2D eigenvalue weighted by Crippen LogP contribution is -2.38. The largest absolute Gasteiger partial charge is 0.350 e. The summed E-state index contributed by atoms with van der Waals surface area (Å²) in [7, 11) is 0. The number of amides is 1. The van der Waals surface area contributed by atoms with Gasteiger partial charge in [0.2, 0.25) is 0 Å². The highest BCUT2D eigenvalue weighted by Crippen LogP contribution is 2.17. The van der Waals surface area contributed by atoms with Crippen LogP contribution >= 0.6 is 0 Å². The van der Waals surface area contributed by atoms with Crippen molar-refractivity contribution in [2.75, 3.05) is 26.2 Å². The molecule has 2 aromatic carbocycles. The molecule has 3 aromatic rings. The average molecular weight is 437 g/mol. The number of piperidine rings is 1. The van der Waals surface area contributed by atoms with Crippen molar-refractivity contribution in [1.29, 1.82) is 0 Å². The Labute approximate surface area is 185 Å². The van der Waals surface area contributed by atoms with Crippen LogP contribution in [-0.4, -0.2) is 52.0 Å². The predicted octanol–water partition coefficient (Wildman–Crippen LogP) is 3.70. The molecule has 4 rings (SSSR count). The van der Waals surface area contributed by atoms with Crippen molar-refractivity contribution in [3.8, 4) is 5.69 Å². The second-order valence-electron chi connectivity index (χ2n) is 7.91. The molecule has 0 radical (unpaired) electrons. The van der Waals surface area contributed by atoms with Crippen LogP contribution < -0.4 is 5.32 Å². The fourth-order valence-corrected chi connectivity index (χ4v) is 3.76. The lowest BCUT2D eigenvalue weighted by Gasteiger charge is -2.31. The van der Waals surface area contributed by atoms with Gasteiger partial charge in [-0.1, -0.05) is 47.7 Å². The van der Waals surface area contributed by atoms with Crippen LogP contribution in [0.1, 0.15) is 28.9 Å². The number of likely N-dealkylation sites (tertiary alicyclic amines) is 1. The molecule has 1 aliphatic rings. The maximum absolute atomic E-state index is 13.9. The van der Waals surface area contributed by atoms with Gasteiger partial charge in [0.1, 0.15) is 11.5 Å². The summed E-state index contributed by atoms with van der Waals surface area (Å²) in [5.41, 5.74) is 1.33. The van der Waals surface area contributed by atoms with Gasteiger partial charge in [-0.2, -0.15) is 0 Å². The van der Waals surface area contributed by atoms with Crippen LogP contribution in [0.4, 0.5) is 8.78 Å². The molecule has 1 aromatic heterocycles. The molecule has 0 aliphatic carbocycles. The summed E-state index contributed by atoms with van der Waals surface area (Å²) < 4.78 is 28.1. The van der Waals surface area contributed by atoms with Crippen LogP contribution in [0.3, 0.4) is 0 Å². The lowest BCUT2D eigenvalue weighted by atomic mass is 9.96. The molecule has 1 N–H and O–H groups in total. The minimum atomic E-state index is -0.771. The first-order chi connectivity index (χ1) is 15.6. The highest BCUT2D eigenvalue weighted by Gasteiger charge is 2.20. The quantitative estimate of drug-likeness (QED) is 0.612. The molecule has 0 spiro atoms. The Hall–Kier alpha value is -3.39. The van der Waals surface area contributed by atoms with Crippen molar-refractivity contribution < 1.29 is 13.6 Å². The topological polar surface area (TPSA) is 63.1 Å². The number of carbonyl (C=O) groups excluding carboxylic acids is 1. The second-order valence-corrected chi connectivity index (χ2v) is 7.91. The molecule has 1 saturated heterocycles. The van der Waals surface area contributed by atoms with E-state index in [1.54, 1.807) is 0 Å². The van der Waals surface area contributed by atoms with Gasteiger partial charge in [-0.3, -0.25) is 9.69 Å². The Morgan fingerprint density at radius 2 is 1.91 bits per heavy atom. The van der Waals surface area contributed by atoms with E-state index < -0.39 is 11.6 Å². The van der Waals surface area contributed by atoms with E-state index >= 15 is 0 Å². The molecule has 1 fully saturated rings. The summed E-state index contributed by atoms with van der Waals surface area (Å²) in [6.07, 6.45) is 7.68. The summed E-state index contributed by atoms with van der Waals surface area (Å²) >= 11 is 0. The van der Waals surface area contributed by atoms with E-state index in [-0.39, 0.29) is 17.3 Å². The number of hydrogen-bond donors (Lipinski definition) is 1. The van der Waals surface area contributed by atoms with Crippen LogP contribution in [-0.2, 0) is 0 Å². The normalized spacial score (nSPS) is 15.3. The lowest BCUT2D eigenvalue weighted by molar-refractivity contribution is 0.0932. The average Bonchev–Trinajstić information content (AvgIpc) is 3.29. The number of aromatic nitrogens is 3. The number of nitrogens with zero attached hydrogens (tertiary/aromatic N) is 4. The zero-order valence-electron chi connectivity index (χ0n) is 17.6. The fraction of sp³-hybridized carbons (Fsp3) is 0.292. The van der Waals surface area contributed by atoms with Crippen molar-refractivity contribution in [3.05, 3.63) is 83.7 Å². The Bertz CT molecular complexity index is 1080. The molecule has 0 atom stereocenters. The van der Waals surface area contributed by atoms with Crippen LogP contribution in [0.15, 0.2) is 60.8 Å². The fourth-order valence-electron chi connectivity index (χ4n) is 3.76. The summed E-state index contributed by atoms with van der Waals surface area (Å²) in [6.45, 7) is 3.45. The Kier molecular flexibility index (Phi) is 7.01. The summed E-state index contributed by atoms with van der Waals surface area (Å²) in [5, 5.41) is 10.5. The van der Waals surface area contributed by atoms with Crippen molar-refractivity contribution in [2.45, 2.75) is 12.8 Å². The third-order valence-corrected chi connectivity index (χ3v) is 5.61. The standard InChI is InChI=1S/C24H25F2N5O/c25-20-8-9-23(21(26)15-20)31-17-22(28-29-31)24(32)27-16-19-10-13-30(14-11-19)12-4-7-18-5-2-1-3-6-18/h1-9,15,17,19H,10-14,16H2,(H,27,32)/b7-4+. The van der Waals surface area contributed by atoms with Crippen molar-refractivity contribution in [1.82, 2.24) is 25.2 Å². The number of rotatable bonds is 7. The number of hydrogen-bond acceptors (Lipinski definition) is 4. The Morgan fingerprint density at radius 1 is 1.12 bits per heavy atom. The summed E-state index contributed by atoms with van der Waals surface area (Å²) in [5.74, 6) is -1.40. The van der Waals surface area contributed by atoms with E-state index in [1.807, 2.05) is 18.2 Å². The second kappa shape index (κ2) is 10.3. The Morgan fingerprint density at radius 3 is 2.66 bits per heavy atom. The monoisotopic (exact) mass is 437 g/mol. The van der Waals surface area contributed by atoms with Crippen LogP contribution in [0.5, 0.6) is 0 Å². The molecule has 8 heteroatoms. The Balaban J connectivity index is 1.22. The SMILES string of the molecule is O=C(NCC1CCN(C/C=C/c2ccccc2)CC1)c1cn(-c2ccc(F)cc2F)nn1. The molecule has 6 nitrogen and oxygen atoms in total. The molecular weight excluding hydrogens is 412 g/mol. The highest BCUT2D eigenvalue weighted by atomic mass is 19.1. The van der Waals surface area contributed by atoms with Gasteiger partial charge in [-0.25, -0.2) is 13.5 Å². The smallest absolute Gasteiger partial charge is 0.273 e. The van der Waals surface area contributed by atoms with Crippen LogP contribution in [0, 0.1) is 17.6 Å². The van der Waals surface area contributed by atoms with E-state index in [0.29, 0.717) is 12.5 Å². The van der Waals surface area contributed by atoms with Crippen LogP contribution in [0.25, 0.3) is 11.8 Å². The van der Waals surface area contributed by atoms with Gasteiger partial charge >= 0.3 is 0 Å². The zero-order valence-corrected chi connectivity index (χ0v) is 17.6. The molecule has 32 heavy (non-hydrogen) atoms. The molecular formula is C24H25F2N5O. The molecule has 0 bridgehead atoms. The van der Waals surface area contributed by atoms with Crippen LogP contribution in [0.2, 0.25) is 0 Å². The maximum atomic E-state index is 13.9. The van der Waals surface area contributed by atoms with Gasteiger partial charge in [0.25, 0.3) is 5.91 Å². The molecule has 166 valence electrons. The van der Waals surface area contributed by atoms with Crippen molar-refractivity contribution >= 4 is 12.0 Å². The van der Waals surface area contributed by atoms with Gasteiger partial charge < -0.3 is 5.32 Å². The van der Waals surface area contributed by atoms with E-state index in [2.05, 4.69) is 44.8 Å².